The maximum Gasteiger partial charge on any atom is 0.230 e. The molecule has 5 heteroatoms. The highest BCUT2D eigenvalue weighted by molar-refractivity contribution is 5.94. The number of carbonyl (C=O) groups is 2. The van der Waals surface area contributed by atoms with Crippen LogP contribution in [0.1, 0.15) is 53.9 Å². The first-order valence-corrected chi connectivity index (χ1v) is 9.37. The number of para-hydroxylation sites is 1. The summed E-state index contributed by atoms with van der Waals surface area (Å²) in [6, 6.07) is 9.58. The lowest BCUT2D eigenvalue weighted by atomic mass is 9.82. The summed E-state index contributed by atoms with van der Waals surface area (Å²) in [7, 11) is 0. The van der Waals surface area contributed by atoms with E-state index in [1.807, 2.05) is 65.0 Å². The Kier molecular flexibility index (Phi) is 6.45. The first kappa shape index (κ1) is 20.4. The van der Waals surface area contributed by atoms with Gasteiger partial charge in [-0.2, -0.15) is 0 Å². The Hall–Kier alpha value is -1.88. The highest BCUT2D eigenvalue weighted by Gasteiger charge is 2.35. The summed E-state index contributed by atoms with van der Waals surface area (Å²) in [5.74, 6) is 0.0392. The molecule has 2 atom stereocenters. The van der Waals surface area contributed by atoms with E-state index in [-0.39, 0.29) is 24.0 Å². The van der Waals surface area contributed by atoms with Gasteiger partial charge in [-0.05, 0) is 31.4 Å². The molecule has 0 bridgehead atoms. The Morgan fingerprint density at radius 3 is 2.35 bits per heavy atom. The van der Waals surface area contributed by atoms with Crippen molar-refractivity contribution in [3.63, 3.8) is 0 Å². The molecular weight excluding hydrogens is 328 g/mol. The Morgan fingerprint density at radius 1 is 1.08 bits per heavy atom. The van der Waals surface area contributed by atoms with Crippen LogP contribution in [0.5, 0.6) is 0 Å². The molecule has 0 aromatic heterocycles. The van der Waals surface area contributed by atoms with Crippen molar-refractivity contribution < 1.29 is 14.3 Å². The topological polar surface area (TPSA) is 67.4 Å². The van der Waals surface area contributed by atoms with Crippen molar-refractivity contribution >= 4 is 17.5 Å². The smallest absolute Gasteiger partial charge is 0.230 e. The highest BCUT2D eigenvalue weighted by Crippen LogP contribution is 2.30. The minimum Gasteiger partial charge on any atom is -0.378 e. The zero-order chi connectivity index (χ0) is 19.4. The molecule has 144 valence electrons. The Labute approximate surface area is 156 Å². The van der Waals surface area contributed by atoms with Crippen LogP contribution >= 0.6 is 0 Å². The molecule has 0 saturated carbocycles. The van der Waals surface area contributed by atoms with Crippen molar-refractivity contribution in [2.75, 3.05) is 11.9 Å². The fraction of sp³-hybridized carbons (Fsp3) is 0.619. The van der Waals surface area contributed by atoms with Crippen molar-refractivity contribution in [1.82, 2.24) is 5.32 Å². The summed E-state index contributed by atoms with van der Waals surface area (Å²) in [6.45, 7) is 10.2. The maximum absolute atomic E-state index is 12.7. The molecule has 0 spiro atoms. The number of benzene rings is 1. The number of anilines is 1. The second-order valence-corrected chi connectivity index (χ2v) is 8.85. The Morgan fingerprint density at radius 2 is 1.73 bits per heavy atom. The third-order valence-corrected chi connectivity index (χ3v) is 4.77. The van der Waals surface area contributed by atoms with E-state index in [0.29, 0.717) is 13.0 Å². The lowest BCUT2D eigenvalue weighted by Crippen LogP contribution is -2.47. The third kappa shape index (κ3) is 5.84. The van der Waals surface area contributed by atoms with Crippen LogP contribution < -0.4 is 10.6 Å². The number of hydrogen-bond acceptors (Lipinski definition) is 3. The number of ether oxygens (including phenoxy) is 1. The van der Waals surface area contributed by atoms with Crippen molar-refractivity contribution in [2.45, 2.75) is 66.0 Å². The van der Waals surface area contributed by atoms with Gasteiger partial charge in [0.1, 0.15) is 0 Å². The molecule has 1 fully saturated rings. The van der Waals surface area contributed by atoms with E-state index < -0.39 is 10.8 Å². The molecule has 2 unspecified atom stereocenters. The van der Waals surface area contributed by atoms with Crippen LogP contribution in [0.4, 0.5) is 5.69 Å². The minimum atomic E-state index is -0.559. The summed E-state index contributed by atoms with van der Waals surface area (Å²) < 4.78 is 5.88. The molecule has 5 nitrogen and oxygen atoms in total. The van der Waals surface area contributed by atoms with E-state index in [0.717, 1.165) is 18.5 Å². The molecule has 1 heterocycles. The van der Waals surface area contributed by atoms with E-state index in [1.165, 1.54) is 0 Å². The molecule has 1 aliphatic rings. The molecule has 1 aliphatic heterocycles. The van der Waals surface area contributed by atoms with Crippen LogP contribution in [0.15, 0.2) is 30.3 Å². The predicted octanol–water partition coefficient (Wildman–Crippen LogP) is 3.75. The molecule has 26 heavy (non-hydrogen) atoms. The first-order valence-electron chi connectivity index (χ1n) is 9.37. The zero-order valence-electron chi connectivity index (χ0n) is 16.6. The second-order valence-electron chi connectivity index (χ2n) is 8.85. The molecule has 2 N–H and O–H groups in total. The van der Waals surface area contributed by atoms with Crippen molar-refractivity contribution in [2.24, 2.45) is 10.8 Å². The van der Waals surface area contributed by atoms with Gasteiger partial charge in [0.05, 0.1) is 6.10 Å². The normalized spacial score (nSPS) is 21.1. The standard InChI is InChI=1S/C21H32N2O3/c1-20(2,3)18(24)23-16-11-12-26-17(13-16)14-21(4,5)19(25)22-15-9-7-6-8-10-15/h6-10,16-17H,11-14H2,1-5H3,(H,22,25)(H,23,24). The summed E-state index contributed by atoms with van der Waals surface area (Å²) >= 11 is 0. The van der Waals surface area contributed by atoms with E-state index in [9.17, 15) is 9.59 Å². The number of nitrogens with one attached hydrogen (secondary N) is 2. The van der Waals surface area contributed by atoms with Gasteiger partial charge in [0, 0.05) is 29.2 Å². The van der Waals surface area contributed by atoms with Gasteiger partial charge in [0.25, 0.3) is 0 Å². The largest absolute Gasteiger partial charge is 0.378 e. The molecule has 1 aromatic carbocycles. The van der Waals surface area contributed by atoms with E-state index >= 15 is 0 Å². The van der Waals surface area contributed by atoms with E-state index in [1.54, 1.807) is 0 Å². The number of rotatable bonds is 5. The lowest BCUT2D eigenvalue weighted by Gasteiger charge is -2.35. The first-order chi connectivity index (χ1) is 12.1. The molecular formula is C21H32N2O3. The van der Waals surface area contributed by atoms with Gasteiger partial charge in [-0.1, -0.05) is 52.8 Å². The van der Waals surface area contributed by atoms with Gasteiger partial charge >= 0.3 is 0 Å². The van der Waals surface area contributed by atoms with Gasteiger partial charge in [-0.3, -0.25) is 9.59 Å². The van der Waals surface area contributed by atoms with Crippen LogP contribution in [0, 0.1) is 10.8 Å². The van der Waals surface area contributed by atoms with Crippen LogP contribution in [0.25, 0.3) is 0 Å². The van der Waals surface area contributed by atoms with Gasteiger partial charge < -0.3 is 15.4 Å². The summed E-state index contributed by atoms with van der Waals surface area (Å²) in [5.41, 5.74) is -0.163. The highest BCUT2D eigenvalue weighted by atomic mass is 16.5. The molecule has 2 amide bonds. The minimum absolute atomic E-state index is 0.0202. The average molecular weight is 360 g/mol. The average Bonchev–Trinajstić information content (AvgIpc) is 2.54. The van der Waals surface area contributed by atoms with Crippen LogP contribution in [0.2, 0.25) is 0 Å². The SMILES string of the molecule is CC(C)(C)C(=O)NC1CCOC(CC(C)(C)C(=O)Nc2ccccc2)C1. The molecule has 2 rings (SSSR count). The zero-order valence-corrected chi connectivity index (χ0v) is 16.6. The number of hydrogen-bond donors (Lipinski definition) is 2. The Balaban J connectivity index is 1.91. The summed E-state index contributed by atoms with van der Waals surface area (Å²) in [6.07, 6.45) is 2.14. The molecule has 0 aliphatic carbocycles. The number of carbonyl (C=O) groups excluding carboxylic acids is 2. The second kappa shape index (κ2) is 8.21. The van der Waals surface area contributed by atoms with E-state index in [2.05, 4.69) is 10.6 Å². The lowest BCUT2D eigenvalue weighted by molar-refractivity contribution is -0.132. The van der Waals surface area contributed by atoms with Crippen molar-refractivity contribution in [3.8, 4) is 0 Å². The fourth-order valence-corrected chi connectivity index (χ4v) is 3.04. The number of amides is 2. The van der Waals surface area contributed by atoms with Gasteiger partial charge in [-0.15, -0.1) is 0 Å². The van der Waals surface area contributed by atoms with Crippen LogP contribution in [0.3, 0.4) is 0 Å². The van der Waals surface area contributed by atoms with Gasteiger partial charge in [0.15, 0.2) is 0 Å². The predicted molar refractivity (Wildman–Crippen MR) is 104 cm³/mol. The van der Waals surface area contributed by atoms with Crippen LogP contribution in [-0.2, 0) is 14.3 Å². The van der Waals surface area contributed by atoms with Crippen molar-refractivity contribution in [3.05, 3.63) is 30.3 Å². The van der Waals surface area contributed by atoms with Crippen molar-refractivity contribution in [1.29, 1.82) is 0 Å². The van der Waals surface area contributed by atoms with Gasteiger partial charge in [0.2, 0.25) is 11.8 Å². The fourth-order valence-electron chi connectivity index (χ4n) is 3.04. The maximum atomic E-state index is 12.7. The molecule has 0 radical (unpaired) electrons. The molecule has 1 aromatic rings. The van der Waals surface area contributed by atoms with Gasteiger partial charge in [-0.25, -0.2) is 0 Å². The quantitative estimate of drug-likeness (QED) is 0.840. The monoisotopic (exact) mass is 360 g/mol. The summed E-state index contributed by atoms with van der Waals surface area (Å²) in [4.78, 5) is 24.9. The van der Waals surface area contributed by atoms with E-state index in [4.69, 9.17) is 4.74 Å². The Bertz CT molecular complexity index is 620. The third-order valence-electron chi connectivity index (χ3n) is 4.77. The summed E-state index contributed by atoms with van der Waals surface area (Å²) in [5, 5.41) is 6.09. The van der Waals surface area contributed by atoms with Crippen LogP contribution in [-0.4, -0.2) is 30.6 Å². The molecule has 1 saturated heterocycles.